The maximum atomic E-state index is 13.0. The Labute approximate surface area is 80.2 Å². The molecular weight excluding hydrogens is 201 g/mol. The van der Waals surface area contributed by atoms with Gasteiger partial charge in [0.1, 0.15) is 6.10 Å². The summed E-state index contributed by atoms with van der Waals surface area (Å²) in [5.74, 6) is -5.47. The number of hydrogen-bond donors (Lipinski definition) is 0. The Balaban J connectivity index is 4.50. The van der Waals surface area contributed by atoms with Crippen molar-refractivity contribution in [3.8, 4) is 0 Å². The van der Waals surface area contributed by atoms with E-state index in [1.807, 2.05) is 0 Å². The molecule has 84 valence electrons. The van der Waals surface area contributed by atoms with Crippen LogP contribution in [0.2, 0.25) is 0 Å². The van der Waals surface area contributed by atoms with Gasteiger partial charge in [-0.25, -0.2) is 9.18 Å². The van der Waals surface area contributed by atoms with Crippen LogP contribution in [0.25, 0.3) is 0 Å². The van der Waals surface area contributed by atoms with E-state index in [9.17, 15) is 18.0 Å². The molecule has 0 aliphatic heterocycles. The van der Waals surface area contributed by atoms with Crippen molar-refractivity contribution >= 4 is 5.97 Å². The zero-order valence-electron chi connectivity index (χ0n) is 8.22. The molecule has 0 rings (SSSR count). The Morgan fingerprint density at radius 3 is 2.36 bits per heavy atom. The maximum Gasteiger partial charge on any atom is 0.347 e. The predicted molar refractivity (Wildman–Crippen MR) is 42.9 cm³/mol. The van der Waals surface area contributed by atoms with Crippen molar-refractivity contribution in [2.24, 2.45) is 0 Å². The van der Waals surface area contributed by atoms with Crippen molar-refractivity contribution in [2.75, 3.05) is 13.7 Å². The third-order valence-corrected chi connectivity index (χ3v) is 1.70. The van der Waals surface area contributed by atoms with Crippen LogP contribution in [0.15, 0.2) is 0 Å². The van der Waals surface area contributed by atoms with E-state index in [4.69, 9.17) is 0 Å². The normalized spacial score (nSPS) is 16.1. The fraction of sp³-hybridized carbons (Fsp3) is 0.875. The Morgan fingerprint density at radius 2 is 2.00 bits per heavy atom. The lowest BCUT2D eigenvalue weighted by atomic mass is 10.1. The number of hydrogen-bond acceptors (Lipinski definition) is 3. The van der Waals surface area contributed by atoms with Gasteiger partial charge in [-0.3, -0.25) is 0 Å². The second-order valence-corrected chi connectivity index (χ2v) is 2.66. The Kier molecular flexibility index (Phi) is 4.90. The molecule has 0 aromatic carbocycles. The number of esters is 1. The highest BCUT2D eigenvalue weighted by molar-refractivity contribution is 5.75. The van der Waals surface area contributed by atoms with Gasteiger partial charge in [-0.05, 0) is 13.8 Å². The molecule has 0 spiro atoms. The Hall–Kier alpha value is -0.780. The summed E-state index contributed by atoms with van der Waals surface area (Å²) in [6.45, 7) is 2.52. The van der Waals surface area contributed by atoms with Gasteiger partial charge in [-0.1, -0.05) is 0 Å². The molecule has 0 amide bonds. The molecule has 6 heteroatoms. The molecule has 0 N–H and O–H groups in total. The molecule has 0 saturated heterocycles. The van der Waals surface area contributed by atoms with E-state index in [2.05, 4.69) is 9.47 Å². The van der Waals surface area contributed by atoms with Crippen LogP contribution in [-0.4, -0.2) is 37.9 Å². The maximum absolute atomic E-state index is 13.0. The van der Waals surface area contributed by atoms with Crippen LogP contribution < -0.4 is 0 Å². The van der Waals surface area contributed by atoms with Crippen molar-refractivity contribution < 1.29 is 27.4 Å². The van der Waals surface area contributed by atoms with E-state index in [1.165, 1.54) is 6.92 Å². The van der Waals surface area contributed by atoms with Crippen molar-refractivity contribution in [1.82, 2.24) is 0 Å². The summed E-state index contributed by atoms with van der Waals surface area (Å²) in [5, 5.41) is 0. The minimum atomic E-state index is -3.87. The van der Waals surface area contributed by atoms with Crippen LogP contribution in [0.5, 0.6) is 0 Å². The SMILES string of the molecule is CCO[C@@H](C)C(F)(F)[C@H](F)C(=O)OC. The summed E-state index contributed by atoms with van der Waals surface area (Å²) in [7, 11) is 0.844. The molecule has 0 radical (unpaired) electrons. The summed E-state index contributed by atoms with van der Waals surface area (Å²) in [5.41, 5.74) is 0. The molecule has 0 unspecified atom stereocenters. The summed E-state index contributed by atoms with van der Waals surface area (Å²) in [4.78, 5) is 10.5. The first kappa shape index (κ1) is 13.2. The molecule has 3 nitrogen and oxygen atoms in total. The summed E-state index contributed by atoms with van der Waals surface area (Å²) in [6, 6.07) is 0. The molecule has 2 atom stereocenters. The highest BCUT2D eigenvalue weighted by Crippen LogP contribution is 2.28. The molecule has 0 aliphatic carbocycles. The minimum Gasteiger partial charge on any atom is -0.467 e. The molecule has 14 heavy (non-hydrogen) atoms. The van der Waals surface area contributed by atoms with Gasteiger partial charge in [0.25, 0.3) is 6.17 Å². The van der Waals surface area contributed by atoms with Crippen LogP contribution in [0.4, 0.5) is 13.2 Å². The second kappa shape index (κ2) is 5.19. The Bertz CT molecular complexity index is 196. The van der Waals surface area contributed by atoms with E-state index in [0.29, 0.717) is 0 Å². The van der Waals surface area contributed by atoms with E-state index < -0.39 is 24.2 Å². The van der Waals surface area contributed by atoms with Crippen LogP contribution >= 0.6 is 0 Å². The Morgan fingerprint density at radius 1 is 1.50 bits per heavy atom. The molecule has 0 fully saturated rings. The quantitative estimate of drug-likeness (QED) is 0.651. The minimum absolute atomic E-state index is 0.0185. The fourth-order valence-electron chi connectivity index (χ4n) is 0.828. The molecule has 0 saturated carbocycles. The van der Waals surface area contributed by atoms with Crippen molar-refractivity contribution in [1.29, 1.82) is 0 Å². The van der Waals surface area contributed by atoms with Crippen LogP contribution in [-0.2, 0) is 14.3 Å². The van der Waals surface area contributed by atoms with Crippen LogP contribution in [0, 0.1) is 0 Å². The van der Waals surface area contributed by atoms with E-state index in [0.717, 1.165) is 14.0 Å². The van der Waals surface area contributed by atoms with Crippen molar-refractivity contribution in [3.05, 3.63) is 0 Å². The van der Waals surface area contributed by atoms with Crippen LogP contribution in [0.1, 0.15) is 13.8 Å². The van der Waals surface area contributed by atoms with E-state index in [-0.39, 0.29) is 6.61 Å². The van der Waals surface area contributed by atoms with Gasteiger partial charge in [0.15, 0.2) is 0 Å². The van der Waals surface area contributed by atoms with Gasteiger partial charge < -0.3 is 9.47 Å². The monoisotopic (exact) mass is 214 g/mol. The lowest BCUT2D eigenvalue weighted by molar-refractivity contribution is -0.189. The number of ether oxygens (including phenoxy) is 2. The van der Waals surface area contributed by atoms with E-state index >= 15 is 0 Å². The van der Waals surface area contributed by atoms with Gasteiger partial charge in [0, 0.05) is 6.61 Å². The molecule has 0 aliphatic rings. The number of methoxy groups -OCH3 is 1. The fourth-order valence-corrected chi connectivity index (χ4v) is 0.828. The first-order valence-electron chi connectivity index (χ1n) is 4.09. The second-order valence-electron chi connectivity index (χ2n) is 2.66. The van der Waals surface area contributed by atoms with Gasteiger partial charge in [-0.2, -0.15) is 8.78 Å². The first-order chi connectivity index (χ1) is 6.37. The number of rotatable bonds is 5. The average Bonchev–Trinajstić information content (AvgIpc) is 2.15. The van der Waals surface area contributed by atoms with E-state index in [1.54, 1.807) is 0 Å². The summed E-state index contributed by atoms with van der Waals surface area (Å²) in [6.07, 6.45) is -4.66. The zero-order valence-corrected chi connectivity index (χ0v) is 8.22. The third kappa shape index (κ3) is 2.87. The molecule has 0 aromatic heterocycles. The lowest BCUT2D eigenvalue weighted by Gasteiger charge is -2.24. The number of alkyl halides is 3. The molecule has 0 heterocycles. The highest BCUT2D eigenvalue weighted by atomic mass is 19.3. The highest BCUT2D eigenvalue weighted by Gasteiger charge is 2.51. The van der Waals surface area contributed by atoms with Gasteiger partial charge >= 0.3 is 11.9 Å². The standard InChI is InChI=1S/C8H13F3O3/c1-4-14-5(2)8(10,11)6(9)7(12)13-3/h5-6H,4H2,1-3H3/t5-,6+/m0/s1. The summed E-state index contributed by atoms with van der Waals surface area (Å²) >= 11 is 0. The third-order valence-electron chi connectivity index (χ3n) is 1.70. The zero-order chi connectivity index (χ0) is 11.4. The number of carbonyl (C=O) groups excluding carboxylic acids is 1. The van der Waals surface area contributed by atoms with Gasteiger partial charge in [-0.15, -0.1) is 0 Å². The molecule has 0 aromatic rings. The van der Waals surface area contributed by atoms with Crippen LogP contribution in [0.3, 0.4) is 0 Å². The first-order valence-corrected chi connectivity index (χ1v) is 4.09. The van der Waals surface area contributed by atoms with Gasteiger partial charge in [0.2, 0.25) is 0 Å². The summed E-state index contributed by atoms with van der Waals surface area (Å²) < 4.78 is 47.3. The molecule has 0 bridgehead atoms. The molecular formula is C8H13F3O3. The number of halogens is 3. The predicted octanol–water partition coefficient (Wildman–Crippen LogP) is 1.56. The number of carbonyl (C=O) groups is 1. The largest absolute Gasteiger partial charge is 0.467 e. The lowest BCUT2D eigenvalue weighted by Crippen LogP contribution is -2.46. The topological polar surface area (TPSA) is 35.5 Å². The van der Waals surface area contributed by atoms with Gasteiger partial charge in [0.05, 0.1) is 7.11 Å². The smallest absolute Gasteiger partial charge is 0.347 e. The van der Waals surface area contributed by atoms with Crippen molar-refractivity contribution in [2.45, 2.75) is 32.0 Å². The average molecular weight is 214 g/mol. The van der Waals surface area contributed by atoms with Crippen molar-refractivity contribution in [3.63, 3.8) is 0 Å².